The first kappa shape index (κ1) is 65.0. The van der Waals surface area contributed by atoms with Crippen molar-refractivity contribution in [3.63, 3.8) is 0 Å². The average Bonchev–Trinajstić information content (AvgIpc) is 0.734. The van der Waals surface area contributed by atoms with Crippen LogP contribution in [0.1, 0.15) is 158 Å². The standard InChI is InChI=1S/C90H96BN3/c1-85(2,3)61-31-43-67(44-32-61)92(68-45-33-62(34-46-68)86(4,5)6)82-58-55-79(73-25-19-22-28-76(73)82)91(80-56-59-83(77-29-23-20-26-74(77)80)93(69-47-35-63(36-48-69)87(7,8)9)70-49-37-64(38-50-70)88(10,11)12)81-57-60-84(78-30-24-21-27-75(78)81)94(71-51-39-65(40-52-71)89(13,14)15)72-53-41-66(42-54-72)90(16,17)18/h19-60H,1-18H3. The summed E-state index contributed by atoms with van der Waals surface area (Å²) in [6.07, 6.45) is 0. The van der Waals surface area contributed by atoms with Crippen molar-refractivity contribution >= 4 is 107 Å². The third-order valence-corrected chi connectivity index (χ3v) is 19.4. The molecule has 0 aliphatic heterocycles. The Morgan fingerprint density at radius 1 is 0.181 bits per heavy atom. The van der Waals surface area contributed by atoms with Crippen molar-refractivity contribution in [2.45, 2.75) is 157 Å². The molecule has 0 heterocycles. The minimum atomic E-state index is -0.237. The maximum absolute atomic E-state index is 2.47. The molecule has 3 nitrogen and oxygen atoms in total. The summed E-state index contributed by atoms with van der Waals surface area (Å²) in [6, 6.07) is 97.6. The van der Waals surface area contributed by atoms with Gasteiger partial charge in [-0.2, -0.15) is 0 Å². The Morgan fingerprint density at radius 3 is 0.500 bits per heavy atom. The van der Waals surface area contributed by atoms with E-state index in [4.69, 9.17) is 0 Å². The molecule has 0 aromatic heterocycles. The largest absolute Gasteiger partial charge is 0.310 e. The van der Waals surface area contributed by atoms with E-state index in [1.165, 1.54) is 82.1 Å². The molecule has 0 bridgehead atoms. The van der Waals surface area contributed by atoms with Crippen LogP contribution in [0.15, 0.2) is 255 Å². The summed E-state index contributed by atoms with van der Waals surface area (Å²) in [5.41, 5.74) is 21.7. The first-order valence-electron chi connectivity index (χ1n) is 34.0. The Hall–Kier alpha value is -9.12. The van der Waals surface area contributed by atoms with Crippen molar-refractivity contribution in [3.8, 4) is 0 Å². The fraction of sp³-hybridized carbons (Fsp3) is 0.267. The summed E-state index contributed by atoms with van der Waals surface area (Å²) in [6.45, 7) is 41.0. The van der Waals surface area contributed by atoms with Crippen molar-refractivity contribution in [2.75, 3.05) is 14.7 Å². The highest BCUT2D eigenvalue weighted by Crippen LogP contribution is 2.45. The lowest BCUT2D eigenvalue weighted by molar-refractivity contribution is 0.590. The number of benzene rings is 12. The molecule has 0 fully saturated rings. The highest BCUT2D eigenvalue weighted by molar-refractivity contribution is 6.99. The molecule has 0 spiro atoms. The van der Waals surface area contributed by atoms with Gasteiger partial charge in [-0.05, 0) is 173 Å². The van der Waals surface area contributed by atoms with Crippen molar-refractivity contribution < 1.29 is 0 Å². The summed E-state index contributed by atoms with van der Waals surface area (Å²) >= 11 is 0. The lowest BCUT2D eigenvalue weighted by Gasteiger charge is -2.31. The zero-order valence-electron chi connectivity index (χ0n) is 59.2. The van der Waals surface area contributed by atoms with E-state index in [1.807, 2.05) is 0 Å². The summed E-state index contributed by atoms with van der Waals surface area (Å²) in [4.78, 5) is 7.42. The molecule has 12 aromatic carbocycles. The van der Waals surface area contributed by atoms with Crippen molar-refractivity contribution in [2.24, 2.45) is 0 Å². The van der Waals surface area contributed by atoms with E-state index in [9.17, 15) is 0 Å². The van der Waals surface area contributed by atoms with Gasteiger partial charge in [0.15, 0.2) is 0 Å². The van der Waals surface area contributed by atoms with Gasteiger partial charge < -0.3 is 14.7 Å². The van der Waals surface area contributed by atoms with Gasteiger partial charge in [0.1, 0.15) is 0 Å². The number of hydrogen-bond acceptors (Lipinski definition) is 3. The summed E-state index contributed by atoms with van der Waals surface area (Å²) < 4.78 is 0. The monoisotopic (exact) mass is 1230 g/mol. The molecule has 0 saturated carbocycles. The molecular formula is C90H96BN3. The second kappa shape index (κ2) is 24.7. The number of rotatable bonds is 12. The normalized spacial score (nSPS) is 12.6. The van der Waals surface area contributed by atoms with Gasteiger partial charge in [0.05, 0.1) is 17.1 Å². The SMILES string of the molecule is CC(C)(C)c1ccc(N(c2ccc(C(C)(C)C)cc2)c2ccc(B(c3ccc(N(c4ccc(C(C)(C)C)cc4)c4ccc(C(C)(C)C)cc4)c4ccccc34)c3ccc(N(c4ccc(C(C)(C)C)cc4)c4ccc(C(C)(C)C)cc4)c4ccccc34)c3ccccc23)cc1. The zero-order valence-corrected chi connectivity index (χ0v) is 59.2. The quantitative estimate of drug-likeness (QED) is 0.113. The van der Waals surface area contributed by atoms with Crippen molar-refractivity contribution in [3.05, 3.63) is 288 Å². The molecule has 94 heavy (non-hydrogen) atoms. The van der Waals surface area contributed by atoms with Crippen LogP contribution in [0.25, 0.3) is 32.3 Å². The maximum atomic E-state index is 2.47. The van der Waals surface area contributed by atoms with Crippen LogP contribution in [0.3, 0.4) is 0 Å². The Labute approximate surface area is 563 Å². The topological polar surface area (TPSA) is 9.72 Å². The number of anilines is 9. The fourth-order valence-corrected chi connectivity index (χ4v) is 13.7. The molecule has 0 saturated heterocycles. The van der Waals surface area contributed by atoms with E-state index < -0.39 is 0 Å². The van der Waals surface area contributed by atoms with E-state index in [1.54, 1.807) is 0 Å². The predicted molar refractivity (Wildman–Crippen MR) is 413 cm³/mol. The van der Waals surface area contributed by atoms with Crippen LogP contribution < -0.4 is 31.1 Å². The van der Waals surface area contributed by atoms with Crippen LogP contribution in [-0.2, 0) is 32.5 Å². The molecule has 0 atom stereocenters. The number of fused-ring (bicyclic) bond motifs is 3. The van der Waals surface area contributed by atoms with Gasteiger partial charge in [-0.25, -0.2) is 0 Å². The molecule has 0 unspecified atom stereocenters. The molecule has 0 N–H and O–H groups in total. The minimum absolute atomic E-state index is 0.00714. The highest BCUT2D eigenvalue weighted by atomic mass is 15.2. The third-order valence-electron chi connectivity index (χ3n) is 19.4. The molecule has 474 valence electrons. The van der Waals surface area contributed by atoms with Gasteiger partial charge in [0.25, 0.3) is 0 Å². The van der Waals surface area contributed by atoms with Crippen LogP contribution in [0.5, 0.6) is 0 Å². The van der Waals surface area contributed by atoms with Gasteiger partial charge in [0.2, 0.25) is 6.71 Å². The van der Waals surface area contributed by atoms with Crippen LogP contribution in [0, 0.1) is 0 Å². The summed E-state index contributed by atoms with van der Waals surface area (Å²) in [7, 11) is 0. The smallest absolute Gasteiger partial charge is 0.243 e. The molecular weight excluding hydrogens is 1130 g/mol. The van der Waals surface area contributed by atoms with Gasteiger partial charge in [-0.1, -0.05) is 305 Å². The summed E-state index contributed by atoms with van der Waals surface area (Å²) in [5, 5.41) is 7.14. The first-order valence-corrected chi connectivity index (χ1v) is 34.0. The lowest BCUT2D eigenvalue weighted by atomic mass is 9.35. The Morgan fingerprint density at radius 2 is 0.340 bits per heavy atom. The molecule has 0 radical (unpaired) electrons. The average molecular weight is 1230 g/mol. The van der Waals surface area contributed by atoms with Gasteiger partial charge in [0, 0.05) is 50.3 Å². The first-order chi connectivity index (χ1) is 44.4. The van der Waals surface area contributed by atoms with E-state index in [-0.39, 0.29) is 39.2 Å². The molecule has 12 rings (SSSR count). The minimum Gasteiger partial charge on any atom is -0.310 e. The van der Waals surface area contributed by atoms with Gasteiger partial charge in [-0.15, -0.1) is 0 Å². The molecule has 0 aliphatic carbocycles. The van der Waals surface area contributed by atoms with E-state index in [0.717, 1.165) is 51.2 Å². The Kier molecular flexibility index (Phi) is 17.0. The molecule has 0 aliphatic rings. The Bertz CT molecular complexity index is 4020. The zero-order chi connectivity index (χ0) is 66.9. The number of nitrogens with zero attached hydrogens (tertiary/aromatic N) is 3. The van der Waals surface area contributed by atoms with E-state index in [0.29, 0.717) is 0 Å². The van der Waals surface area contributed by atoms with Gasteiger partial charge in [-0.3, -0.25) is 0 Å². The third kappa shape index (κ3) is 13.0. The second-order valence-corrected chi connectivity index (χ2v) is 32.4. The van der Waals surface area contributed by atoms with E-state index in [2.05, 4.69) is 394 Å². The van der Waals surface area contributed by atoms with Crippen LogP contribution >= 0.6 is 0 Å². The maximum Gasteiger partial charge on any atom is 0.243 e. The van der Waals surface area contributed by atoms with Gasteiger partial charge >= 0.3 is 0 Å². The highest BCUT2D eigenvalue weighted by Gasteiger charge is 2.32. The number of hydrogen-bond donors (Lipinski definition) is 0. The van der Waals surface area contributed by atoms with Crippen molar-refractivity contribution in [1.29, 1.82) is 0 Å². The predicted octanol–water partition coefficient (Wildman–Crippen LogP) is 23.9. The fourth-order valence-electron chi connectivity index (χ4n) is 13.7. The second-order valence-electron chi connectivity index (χ2n) is 32.4. The molecule has 4 heteroatoms. The lowest BCUT2D eigenvalue weighted by Crippen LogP contribution is -2.53. The van der Waals surface area contributed by atoms with Crippen LogP contribution in [0.4, 0.5) is 51.2 Å². The molecule has 0 amide bonds. The van der Waals surface area contributed by atoms with E-state index >= 15 is 0 Å². The van der Waals surface area contributed by atoms with Crippen molar-refractivity contribution in [1.82, 2.24) is 0 Å². The Balaban J connectivity index is 1.13. The van der Waals surface area contributed by atoms with Crippen LogP contribution in [0.2, 0.25) is 0 Å². The summed E-state index contributed by atoms with van der Waals surface area (Å²) in [5.74, 6) is 0. The molecule has 12 aromatic rings. The van der Waals surface area contributed by atoms with Crippen LogP contribution in [-0.4, -0.2) is 6.71 Å².